The van der Waals surface area contributed by atoms with E-state index in [0.717, 1.165) is 30.2 Å². The highest BCUT2D eigenvalue weighted by atomic mass is 35.5. The number of anilines is 1. The second-order valence-corrected chi connectivity index (χ2v) is 9.01. The van der Waals surface area contributed by atoms with Crippen LogP contribution in [0.1, 0.15) is 31.9 Å². The lowest BCUT2D eigenvalue weighted by Crippen LogP contribution is -2.49. The third kappa shape index (κ3) is 5.87. The molecule has 0 saturated carbocycles. The van der Waals surface area contributed by atoms with E-state index in [1.165, 1.54) is 5.56 Å². The molecule has 1 aliphatic heterocycles. The Bertz CT molecular complexity index is 838. The lowest BCUT2D eigenvalue weighted by molar-refractivity contribution is -0.135. The molecule has 6 heteroatoms. The summed E-state index contributed by atoms with van der Waals surface area (Å²) in [6.07, 6.45) is 0. The number of hydrogen-bond donors (Lipinski definition) is 1. The largest absolute Gasteiger partial charge is 0.482 e. The van der Waals surface area contributed by atoms with Crippen molar-refractivity contribution in [3.05, 3.63) is 58.6 Å². The van der Waals surface area contributed by atoms with E-state index in [2.05, 4.69) is 25.7 Å². The Balaban J connectivity index is 1.47. The molecule has 0 spiro atoms. The molecule has 1 fully saturated rings. The average Bonchev–Trinajstić information content (AvgIpc) is 2.68. The molecule has 29 heavy (non-hydrogen) atoms. The zero-order valence-electron chi connectivity index (χ0n) is 17.5. The number of amides is 1. The van der Waals surface area contributed by atoms with Gasteiger partial charge in [-0.2, -0.15) is 0 Å². The van der Waals surface area contributed by atoms with Crippen LogP contribution in [-0.2, 0) is 16.8 Å². The number of benzene rings is 2. The first-order valence-corrected chi connectivity index (χ1v) is 10.4. The van der Waals surface area contributed by atoms with E-state index in [1.807, 2.05) is 47.4 Å². The van der Waals surface area contributed by atoms with Crippen molar-refractivity contribution >= 4 is 23.2 Å². The Morgan fingerprint density at radius 2 is 1.72 bits per heavy atom. The maximum absolute atomic E-state index is 12.5. The molecule has 2 aromatic carbocycles. The standard InChI is InChI=1S/C23H30ClN3O2/c1-23(2,3)18-6-9-21(20(25)14-18)29-16-22(28)27-12-10-26(11-13-27)15-17-4-7-19(24)8-5-17/h4-9,14H,10-13,15-16,25H2,1-3H3. The molecule has 5 nitrogen and oxygen atoms in total. The number of piperazine rings is 1. The zero-order chi connectivity index (χ0) is 21.0. The maximum Gasteiger partial charge on any atom is 0.260 e. The van der Waals surface area contributed by atoms with Crippen molar-refractivity contribution in [2.24, 2.45) is 0 Å². The Labute approximate surface area is 178 Å². The van der Waals surface area contributed by atoms with Gasteiger partial charge in [-0.3, -0.25) is 9.69 Å². The summed E-state index contributed by atoms with van der Waals surface area (Å²) in [5.74, 6) is 0.558. The van der Waals surface area contributed by atoms with Crippen LogP contribution in [0.2, 0.25) is 5.02 Å². The van der Waals surface area contributed by atoms with E-state index >= 15 is 0 Å². The average molecular weight is 416 g/mol. The molecule has 0 radical (unpaired) electrons. The Hall–Kier alpha value is -2.24. The van der Waals surface area contributed by atoms with E-state index < -0.39 is 0 Å². The molecular weight excluding hydrogens is 386 g/mol. The van der Waals surface area contributed by atoms with Crippen LogP contribution in [-0.4, -0.2) is 48.5 Å². The topological polar surface area (TPSA) is 58.8 Å². The van der Waals surface area contributed by atoms with Crippen LogP contribution in [0.5, 0.6) is 5.75 Å². The number of carbonyl (C=O) groups excluding carboxylic acids is 1. The van der Waals surface area contributed by atoms with Crippen molar-refractivity contribution in [1.29, 1.82) is 0 Å². The van der Waals surface area contributed by atoms with E-state index in [0.29, 0.717) is 24.5 Å². The molecule has 0 unspecified atom stereocenters. The van der Waals surface area contributed by atoms with E-state index in [9.17, 15) is 4.79 Å². The summed E-state index contributed by atoms with van der Waals surface area (Å²) in [5.41, 5.74) is 9.08. The minimum atomic E-state index is -0.00422. The maximum atomic E-state index is 12.5. The van der Waals surface area contributed by atoms with Gasteiger partial charge in [-0.05, 0) is 40.8 Å². The summed E-state index contributed by atoms with van der Waals surface area (Å²) < 4.78 is 5.71. The van der Waals surface area contributed by atoms with Crippen LogP contribution >= 0.6 is 11.6 Å². The highest BCUT2D eigenvalue weighted by molar-refractivity contribution is 6.30. The molecule has 2 aromatic rings. The number of rotatable bonds is 5. The van der Waals surface area contributed by atoms with Crippen molar-refractivity contribution in [2.45, 2.75) is 32.7 Å². The third-order valence-corrected chi connectivity index (χ3v) is 5.52. The van der Waals surface area contributed by atoms with Gasteiger partial charge in [0.15, 0.2) is 6.61 Å². The number of carbonyl (C=O) groups is 1. The molecule has 1 amide bonds. The summed E-state index contributed by atoms with van der Waals surface area (Å²) in [6, 6.07) is 13.7. The summed E-state index contributed by atoms with van der Waals surface area (Å²) >= 11 is 5.94. The summed E-state index contributed by atoms with van der Waals surface area (Å²) in [6.45, 7) is 10.4. The van der Waals surface area contributed by atoms with Gasteiger partial charge in [0.1, 0.15) is 5.75 Å². The molecular formula is C23H30ClN3O2. The second kappa shape index (κ2) is 9.06. The van der Waals surface area contributed by atoms with Crippen LogP contribution in [0.3, 0.4) is 0 Å². The fourth-order valence-electron chi connectivity index (χ4n) is 3.38. The van der Waals surface area contributed by atoms with Crippen LogP contribution in [0.4, 0.5) is 5.69 Å². The van der Waals surface area contributed by atoms with E-state index in [1.54, 1.807) is 0 Å². The summed E-state index contributed by atoms with van der Waals surface area (Å²) in [4.78, 5) is 16.7. The quantitative estimate of drug-likeness (QED) is 0.751. The van der Waals surface area contributed by atoms with Crippen LogP contribution < -0.4 is 10.5 Å². The number of nitrogens with zero attached hydrogens (tertiary/aromatic N) is 2. The molecule has 1 heterocycles. The Morgan fingerprint density at radius 1 is 1.07 bits per heavy atom. The van der Waals surface area contributed by atoms with E-state index in [-0.39, 0.29) is 17.9 Å². The minimum Gasteiger partial charge on any atom is -0.482 e. The highest BCUT2D eigenvalue weighted by Crippen LogP contribution is 2.29. The molecule has 0 bridgehead atoms. The molecule has 0 aliphatic carbocycles. The highest BCUT2D eigenvalue weighted by Gasteiger charge is 2.22. The number of hydrogen-bond acceptors (Lipinski definition) is 4. The Morgan fingerprint density at radius 3 is 2.31 bits per heavy atom. The number of nitrogen functional groups attached to an aromatic ring is 1. The first-order valence-electron chi connectivity index (χ1n) is 10.00. The predicted octanol–water partition coefficient (Wildman–Crippen LogP) is 3.94. The van der Waals surface area contributed by atoms with Crippen LogP contribution in [0, 0.1) is 0 Å². The molecule has 3 rings (SSSR count). The fourth-order valence-corrected chi connectivity index (χ4v) is 3.51. The SMILES string of the molecule is CC(C)(C)c1ccc(OCC(=O)N2CCN(Cc3ccc(Cl)cc3)CC2)c(N)c1. The molecule has 1 saturated heterocycles. The van der Waals surface area contributed by atoms with Gasteiger partial charge < -0.3 is 15.4 Å². The van der Waals surface area contributed by atoms with Crippen molar-refractivity contribution in [3.63, 3.8) is 0 Å². The van der Waals surface area contributed by atoms with Crippen molar-refractivity contribution < 1.29 is 9.53 Å². The monoisotopic (exact) mass is 415 g/mol. The van der Waals surface area contributed by atoms with Gasteiger partial charge in [-0.15, -0.1) is 0 Å². The van der Waals surface area contributed by atoms with Crippen molar-refractivity contribution in [3.8, 4) is 5.75 Å². The van der Waals surface area contributed by atoms with Gasteiger partial charge in [0.2, 0.25) is 0 Å². The summed E-state index contributed by atoms with van der Waals surface area (Å²) in [7, 11) is 0. The Kier molecular flexibility index (Phi) is 6.70. The first kappa shape index (κ1) is 21.5. The number of halogens is 1. The summed E-state index contributed by atoms with van der Waals surface area (Å²) in [5, 5.41) is 0.748. The zero-order valence-corrected chi connectivity index (χ0v) is 18.2. The molecule has 1 aliphatic rings. The first-order chi connectivity index (χ1) is 13.7. The lowest BCUT2D eigenvalue weighted by atomic mass is 9.87. The van der Waals surface area contributed by atoms with Gasteiger partial charge in [-0.1, -0.05) is 50.6 Å². The van der Waals surface area contributed by atoms with Crippen molar-refractivity contribution in [1.82, 2.24) is 9.80 Å². The number of ether oxygens (including phenoxy) is 1. The van der Waals surface area contributed by atoms with Crippen LogP contribution in [0.25, 0.3) is 0 Å². The minimum absolute atomic E-state index is 0.00422. The normalized spacial score (nSPS) is 15.4. The van der Waals surface area contributed by atoms with Gasteiger partial charge in [0, 0.05) is 37.7 Å². The van der Waals surface area contributed by atoms with Crippen LogP contribution in [0.15, 0.2) is 42.5 Å². The molecule has 156 valence electrons. The molecule has 2 N–H and O–H groups in total. The molecule has 0 atom stereocenters. The smallest absolute Gasteiger partial charge is 0.260 e. The van der Waals surface area contributed by atoms with Crippen molar-refractivity contribution in [2.75, 3.05) is 38.5 Å². The molecule has 0 aromatic heterocycles. The number of nitrogens with two attached hydrogens (primary N) is 1. The fraction of sp³-hybridized carbons (Fsp3) is 0.435. The lowest BCUT2D eigenvalue weighted by Gasteiger charge is -2.34. The van der Waals surface area contributed by atoms with E-state index in [4.69, 9.17) is 22.1 Å². The predicted molar refractivity (Wildman–Crippen MR) is 118 cm³/mol. The van der Waals surface area contributed by atoms with Gasteiger partial charge >= 0.3 is 0 Å². The second-order valence-electron chi connectivity index (χ2n) is 8.57. The van der Waals surface area contributed by atoms with Gasteiger partial charge in [0.05, 0.1) is 5.69 Å². The van der Waals surface area contributed by atoms with Gasteiger partial charge in [0.25, 0.3) is 5.91 Å². The van der Waals surface area contributed by atoms with Gasteiger partial charge in [-0.25, -0.2) is 0 Å². The third-order valence-electron chi connectivity index (χ3n) is 5.27.